The third-order valence-corrected chi connectivity index (χ3v) is 36.8. The number of carbonyl (C=O) groups excluding carboxylic acids is 4. The van der Waals surface area contributed by atoms with Crippen LogP contribution in [-0.4, -0.2) is 129 Å². The van der Waals surface area contributed by atoms with Gasteiger partial charge in [0.1, 0.15) is 5.75 Å². The van der Waals surface area contributed by atoms with Gasteiger partial charge in [-0.15, -0.1) is 0 Å². The van der Waals surface area contributed by atoms with Crippen molar-refractivity contribution in [1.29, 1.82) is 0 Å². The Kier molecular flexibility index (Phi) is 33.1. The van der Waals surface area contributed by atoms with Crippen LogP contribution in [0.5, 0.6) is 5.75 Å². The van der Waals surface area contributed by atoms with E-state index in [0.29, 0.717) is 59.7 Å². The number of rotatable bonds is 28. The number of aromatic nitrogens is 4. The standard InChI is InChI=1S/C33H44N2O4.C32H49N3O3S.C31H44N2O2.C31H46N2O2/c1-20-25(30(36)34-24-14-23(15-24)31(37)38)18-28(35(20)19-21-8-6-5-7-9-21)22-16-26(32(2,3)4)29-27(17-22)33(10-11-33)12-13-39-29;1-22-27(29(36)33-21-31(5,6)34-39(8,37)38)19-28(35(22)20-23-12-10-9-11-13-23)24-16-25(30(2,3)4)18-26(17-24)32(7)14-15-32;1-21-27(29(34)32-26-11-14-35-20-26)18-28(33(21)19-22-9-7-6-8-10-22)23-15-24(30(2,3)4)17-25(16-23)31(5)12-13-31;1-21-26(28(34)32-20-30(5,6)35)18-27(33(21)19-22-11-9-8-10-12-22)23-15-24(29(2,3)4)17-25(16-23)31(7)13-14-31/h16-18,21,23-24H,5-15,19H2,1-4H3,(H,34,36)(H,37,38);16-19,23,34H,9-15,20-21H2,1-8H3,(H,33,36);15-18,22,26H,6-14,19-20H2,1-5H3,(H,32,34);15-18,22,35H,8-14,19-20H2,1-7H3,(H,32,34). The number of carbonyl (C=O) groups is 5. The topological polar surface area (TPSA) is 258 Å². The Morgan fingerprint density at radius 3 is 1.02 bits per heavy atom. The summed E-state index contributed by atoms with van der Waals surface area (Å²) in [6.07, 6.45) is 39.8. The van der Waals surface area contributed by atoms with E-state index in [4.69, 9.17) is 9.47 Å². The molecule has 4 aromatic carbocycles. The predicted octanol–water partition coefficient (Wildman–Crippen LogP) is 27.0. The molecule has 8 aromatic rings. The number of aliphatic carboxylic acids is 1. The zero-order valence-electron chi connectivity index (χ0n) is 95.0. The first-order valence-corrected chi connectivity index (χ1v) is 59.1. The molecule has 148 heavy (non-hydrogen) atoms. The summed E-state index contributed by atoms with van der Waals surface area (Å²) in [6, 6.07) is 34.6. The number of carboxylic acids is 1. The van der Waals surface area contributed by atoms with Gasteiger partial charge < -0.3 is 59.2 Å². The van der Waals surface area contributed by atoms with Gasteiger partial charge in [0.25, 0.3) is 23.6 Å². The lowest BCUT2D eigenvalue weighted by atomic mass is 9.79. The number of aliphatic hydroxyl groups is 1. The molecule has 1 saturated heterocycles. The van der Waals surface area contributed by atoms with Gasteiger partial charge in [-0.25, -0.2) is 13.1 Å². The summed E-state index contributed by atoms with van der Waals surface area (Å²) in [5.41, 5.74) is 26.9. The summed E-state index contributed by atoms with van der Waals surface area (Å²) in [7, 11) is -3.39. The fourth-order valence-electron chi connectivity index (χ4n) is 24.5. The van der Waals surface area contributed by atoms with Crippen molar-refractivity contribution >= 4 is 39.6 Å². The third kappa shape index (κ3) is 26.9. The van der Waals surface area contributed by atoms with Crippen LogP contribution in [0, 0.1) is 57.3 Å². The second kappa shape index (κ2) is 43.9. The summed E-state index contributed by atoms with van der Waals surface area (Å²) in [4.78, 5) is 64.9. The SMILES string of the molecule is Cc1c(C(=O)NC2CC(C(=O)O)C2)cc(-c2cc(C(C)(C)C)c3c(c2)C2(CCO3)CC2)n1CC1CCCCC1.Cc1c(C(=O)NC2CCOC2)cc(-c2cc(C(C)(C)C)cc(C3(C)CC3)c2)n1CC1CCCCC1.Cc1c(C(=O)NCC(C)(C)NS(C)(=O)=O)cc(-c2cc(C(C)(C)C)cc(C3(C)CC3)c2)n1CC1CCCCC1.Cc1c(C(=O)NCC(C)(C)O)cc(-c2cc(C(C)(C)C)cc(C3(C)CC3)c2)n1CC1CCCCC1. The number of ether oxygens (including phenoxy) is 2. The number of nitrogens with one attached hydrogen (secondary N) is 5. The molecule has 20 nitrogen and oxygen atoms in total. The molecule has 4 amide bonds. The zero-order chi connectivity index (χ0) is 107. The van der Waals surface area contributed by atoms with Crippen LogP contribution in [0.25, 0.3) is 45.0 Å². The monoisotopic (exact) mass is 2040 g/mol. The van der Waals surface area contributed by atoms with Crippen molar-refractivity contribution < 1.29 is 52.1 Å². The minimum Gasteiger partial charge on any atom is -0.493 e. The van der Waals surface area contributed by atoms with E-state index in [2.05, 4.69) is 267 Å². The van der Waals surface area contributed by atoms with E-state index in [1.807, 2.05) is 0 Å². The molecule has 6 heterocycles. The van der Waals surface area contributed by atoms with Crippen LogP contribution in [0.4, 0.5) is 0 Å². The van der Waals surface area contributed by atoms with Crippen LogP contribution in [0.2, 0.25) is 0 Å². The van der Waals surface area contributed by atoms with Crippen molar-refractivity contribution in [3.05, 3.63) is 181 Å². The number of amides is 4. The molecule has 1 spiro atoms. The van der Waals surface area contributed by atoms with Crippen LogP contribution >= 0.6 is 0 Å². The molecule has 1 atom stereocenters. The van der Waals surface area contributed by atoms with Gasteiger partial charge in [0.2, 0.25) is 10.0 Å². The average molecular weight is 2040 g/mol. The molecule has 808 valence electrons. The Morgan fingerprint density at radius 1 is 0.392 bits per heavy atom. The molecule has 21 heteroatoms. The van der Waals surface area contributed by atoms with Crippen LogP contribution in [0.15, 0.2) is 91.0 Å². The van der Waals surface area contributed by atoms with Crippen molar-refractivity contribution in [1.82, 2.24) is 44.3 Å². The molecular formula is C127H183N9O11S. The second-order valence-corrected chi connectivity index (χ2v) is 55.8. The van der Waals surface area contributed by atoms with Gasteiger partial charge in [-0.1, -0.05) is 199 Å². The molecule has 11 aliphatic rings. The Bertz CT molecular complexity index is 6170. The third-order valence-electron chi connectivity index (χ3n) is 35.8. The first kappa shape index (κ1) is 112. The predicted molar refractivity (Wildman–Crippen MR) is 602 cm³/mol. The van der Waals surface area contributed by atoms with Gasteiger partial charge in [-0.3, -0.25) is 24.0 Å². The quantitative estimate of drug-likeness (QED) is 0.0243. The Hall–Kier alpha value is -9.02. The van der Waals surface area contributed by atoms with Crippen molar-refractivity contribution in [2.45, 2.75) is 457 Å². The number of hydrogen-bond acceptors (Lipinski definition) is 10. The molecule has 9 saturated carbocycles. The first-order valence-electron chi connectivity index (χ1n) is 57.3. The minimum atomic E-state index is -3.39. The zero-order valence-corrected chi connectivity index (χ0v) is 95.8. The summed E-state index contributed by atoms with van der Waals surface area (Å²) >= 11 is 0. The largest absolute Gasteiger partial charge is 0.493 e. The maximum absolute atomic E-state index is 13.5. The summed E-state index contributed by atoms with van der Waals surface area (Å²) < 4.78 is 47.7. The molecule has 19 rings (SSSR count). The number of fused-ring (bicyclic) bond motifs is 2. The van der Waals surface area contributed by atoms with E-state index in [-0.39, 0.29) is 92.6 Å². The molecule has 4 aromatic heterocycles. The number of sulfonamides is 1. The Morgan fingerprint density at radius 2 is 0.723 bits per heavy atom. The van der Waals surface area contributed by atoms with Gasteiger partial charge in [0.05, 0.1) is 59.3 Å². The normalized spacial score (nSPS) is 20.8. The van der Waals surface area contributed by atoms with E-state index in [1.54, 1.807) is 27.7 Å². The van der Waals surface area contributed by atoms with E-state index in [1.165, 1.54) is 252 Å². The van der Waals surface area contributed by atoms with Gasteiger partial charge in [-0.05, 0) is 374 Å². The average Bonchev–Trinajstić information content (AvgIpc) is 1.56. The fourth-order valence-corrected chi connectivity index (χ4v) is 25.6. The summed E-state index contributed by atoms with van der Waals surface area (Å²) in [5, 5.41) is 31.7. The molecule has 0 bridgehead atoms. The molecule has 9 aliphatic carbocycles. The maximum Gasteiger partial charge on any atom is 0.306 e. The van der Waals surface area contributed by atoms with Gasteiger partial charge in [0.15, 0.2) is 0 Å². The molecular weight excluding hydrogens is 1860 g/mol. The molecule has 10 fully saturated rings. The highest BCUT2D eigenvalue weighted by Gasteiger charge is 2.51. The van der Waals surface area contributed by atoms with Crippen LogP contribution in [0.3, 0.4) is 0 Å². The van der Waals surface area contributed by atoms with Crippen LogP contribution in [-0.2, 0) is 89.1 Å². The Balaban J connectivity index is 0.000000141. The number of benzene rings is 4. The van der Waals surface area contributed by atoms with Gasteiger partial charge in [0, 0.05) is 120 Å². The van der Waals surface area contributed by atoms with Crippen molar-refractivity contribution in [3.63, 3.8) is 0 Å². The molecule has 0 radical (unpaired) electrons. The van der Waals surface area contributed by atoms with E-state index < -0.39 is 27.1 Å². The molecule has 2 aliphatic heterocycles. The van der Waals surface area contributed by atoms with Crippen molar-refractivity contribution in [3.8, 4) is 50.8 Å². The number of carboxylic acid groups (broad SMARTS) is 1. The highest BCUT2D eigenvalue weighted by molar-refractivity contribution is 7.88. The first-order chi connectivity index (χ1) is 69.4. The maximum atomic E-state index is 13.5. The number of hydrogen-bond donors (Lipinski definition) is 7. The van der Waals surface area contributed by atoms with Crippen molar-refractivity contribution in [2.24, 2.45) is 29.6 Å². The fraction of sp³-hybridized carbons (Fsp3) is 0.646. The van der Waals surface area contributed by atoms with Crippen LogP contribution in [0.1, 0.15) is 446 Å². The lowest BCUT2D eigenvalue weighted by Gasteiger charge is -2.33. The Labute approximate surface area is 887 Å². The highest BCUT2D eigenvalue weighted by atomic mass is 32.2. The number of nitrogens with zero attached hydrogens (tertiary/aromatic N) is 4. The summed E-state index contributed by atoms with van der Waals surface area (Å²) in [5.74, 6) is 2.27. The van der Waals surface area contributed by atoms with E-state index >= 15 is 0 Å². The van der Waals surface area contributed by atoms with Crippen LogP contribution < -0.4 is 30.7 Å². The van der Waals surface area contributed by atoms with Gasteiger partial charge in [-0.2, -0.15) is 0 Å². The van der Waals surface area contributed by atoms with E-state index in [0.717, 1.165) is 115 Å². The lowest BCUT2D eigenvalue weighted by Crippen LogP contribution is -2.51. The summed E-state index contributed by atoms with van der Waals surface area (Å²) in [6.45, 7) is 56.2. The van der Waals surface area contributed by atoms with Gasteiger partial charge >= 0.3 is 5.97 Å². The molecule has 7 N–H and O–H groups in total. The van der Waals surface area contributed by atoms with E-state index in [9.17, 15) is 42.6 Å². The highest BCUT2D eigenvalue weighted by Crippen LogP contribution is 2.60. The van der Waals surface area contributed by atoms with Crippen molar-refractivity contribution in [2.75, 3.05) is 39.2 Å². The smallest absolute Gasteiger partial charge is 0.306 e. The lowest BCUT2D eigenvalue weighted by molar-refractivity contribution is -0.145. The molecule has 1 unspecified atom stereocenters. The second-order valence-electron chi connectivity index (χ2n) is 54.1. The minimum absolute atomic E-state index is 0.0181.